The minimum Gasteiger partial charge on any atom is -0.300 e. The first-order valence-electron chi connectivity index (χ1n) is 7.62. The van der Waals surface area contributed by atoms with Gasteiger partial charge in [0.25, 0.3) is 5.91 Å². The van der Waals surface area contributed by atoms with Crippen molar-refractivity contribution in [1.29, 1.82) is 0 Å². The topological polar surface area (TPSA) is 41.5 Å². The second kappa shape index (κ2) is 6.34. The number of hydrogen-bond acceptors (Lipinski definition) is 3. The number of aliphatic imine (C=N–C) groups is 1. The third-order valence-corrected chi connectivity index (χ3v) is 4.66. The van der Waals surface area contributed by atoms with Gasteiger partial charge in [-0.3, -0.25) is 4.79 Å². The molecule has 0 bridgehead atoms. The van der Waals surface area contributed by atoms with E-state index < -0.39 is 0 Å². The summed E-state index contributed by atoms with van der Waals surface area (Å²) >= 11 is 1.37. The lowest BCUT2D eigenvalue weighted by Crippen LogP contribution is -2.19. The summed E-state index contributed by atoms with van der Waals surface area (Å²) < 4.78 is 0. The molecule has 3 nitrogen and oxygen atoms in total. The van der Waals surface area contributed by atoms with Crippen LogP contribution in [0.15, 0.2) is 82.7 Å². The first-order valence-corrected chi connectivity index (χ1v) is 8.44. The number of carbonyl (C=O) groups excluding carboxylic acids is 1. The number of rotatable bonds is 2. The van der Waals surface area contributed by atoms with Gasteiger partial charge in [0.05, 0.1) is 10.6 Å². The smallest absolute Gasteiger partial charge is 0.264 e. The van der Waals surface area contributed by atoms with E-state index in [0.29, 0.717) is 10.1 Å². The average molecular weight is 330 g/mol. The molecule has 0 spiro atoms. The van der Waals surface area contributed by atoms with Crippen molar-refractivity contribution in [1.82, 2.24) is 5.32 Å². The number of fused-ring (bicyclic) bond motifs is 1. The third kappa shape index (κ3) is 2.96. The van der Waals surface area contributed by atoms with Crippen LogP contribution in [0.25, 0.3) is 16.8 Å². The van der Waals surface area contributed by atoms with E-state index in [1.54, 1.807) is 0 Å². The van der Waals surface area contributed by atoms with Crippen LogP contribution in [-0.2, 0) is 4.79 Å². The van der Waals surface area contributed by atoms with Crippen molar-refractivity contribution in [2.75, 3.05) is 0 Å². The minimum atomic E-state index is -0.109. The largest absolute Gasteiger partial charge is 0.300 e. The van der Waals surface area contributed by atoms with Gasteiger partial charge in [0.1, 0.15) is 0 Å². The van der Waals surface area contributed by atoms with Crippen LogP contribution < -0.4 is 5.32 Å². The highest BCUT2D eigenvalue weighted by atomic mass is 32.2. The van der Waals surface area contributed by atoms with Crippen LogP contribution in [0.4, 0.5) is 5.69 Å². The summed E-state index contributed by atoms with van der Waals surface area (Å²) in [6, 6.07) is 23.9. The van der Waals surface area contributed by atoms with E-state index in [4.69, 9.17) is 0 Å². The molecular weight excluding hydrogens is 316 g/mol. The van der Waals surface area contributed by atoms with Crippen molar-refractivity contribution in [2.45, 2.75) is 0 Å². The quantitative estimate of drug-likeness (QED) is 0.690. The van der Waals surface area contributed by atoms with E-state index in [9.17, 15) is 4.79 Å². The molecule has 3 aromatic rings. The summed E-state index contributed by atoms with van der Waals surface area (Å²) in [6.07, 6.45) is 1.93. The van der Waals surface area contributed by atoms with E-state index in [0.717, 1.165) is 22.0 Å². The summed E-state index contributed by atoms with van der Waals surface area (Å²) in [5.41, 5.74) is 1.86. The van der Waals surface area contributed by atoms with Crippen molar-refractivity contribution in [3.8, 4) is 0 Å². The molecule has 1 fully saturated rings. The highest BCUT2D eigenvalue weighted by Gasteiger charge is 2.23. The zero-order valence-electron chi connectivity index (χ0n) is 12.8. The van der Waals surface area contributed by atoms with Gasteiger partial charge in [-0.25, -0.2) is 4.99 Å². The Morgan fingerprint density at radius 1 is 0.875 bits per heavy atom. The second-order valence-corrected chi connectivity index (χ2v) is 6.42. The van der Waals surface area contributed by atoms with Gasteiger partial charge in [0.2, 0.25) is 0 Å². The predicted octanol–water partition coefficient (Wildman–Crippen LogP) is 4.73. The molecule has 0 radical (unpaired) electrons. The zero-order chi connectivity index (χ0) is 16.4. The number of nitrogens with one attached hydrogen (secondary N) is 1. The summed E-state index contributed by atoms with van der Waals surface area (Å²) in [7, 11) is 0. The van der Waals surface area contributed by atoms with Gasteiger partial charge in [0.15, 0.2) is 5.17 Å². The van der Waals surface area contributed by atoms with Crippen LogP contribution in [-0.4, -0.2) is 11.1 Å². The summed E-state index contributed by atoms with van der Waals surface area (Å²) in [5, 5.41) is 5.73. The van der Waals surface area contributed by atoms with Gasteiger partial charge in [-0.05, 0) is 46.3 Å². The van der Waals surface area contributed by atoms with Crippen molar-refractivity contribution in [2.24, 2.45) is 4.99 Å². The van der Waals surface area contributed by atoms with E-state index in [1.807, 2.05) is 60.7 Å². The Morgan fingerprint density at radius 2 is 1.62 bits per heavy atom. The molecule has 3 aromatic carbocycles. The zero-order valence-corrected chi connectivity index (χ0v) is 13.6. The lowest BCUT2D eigenvalue weighted by molar-refractivity contribution is -0.115. The molecule has 0 aliphatic carbocycles. The van der Waals surface area contributed by atoms with Gasteiger partial charge in [-0.1, -0.05) is 60.7 Å². The van der Waals surface area contributed by atoms with Crippen molar-refractivity contribution in [3.63, 3.8) is 0 Å². The third-order valence-electron chi connectivity index (χ3n) is 3.75. The molecule has 116 valence electrons. The highest BCUT2D eigenvalue weighted by molar-refractivity contribution is 8.18. The van der Waals surface area contributed by atoms with Gasteiger partial charge in [-0.2, -0.15) is 0 Å². The first-order chi connectivity index (χ1) is 11.8. The van der Waals surface area contributed by atoms with Crippen molar-refractivity contribution in [3.05, 3.63) is 83.3 Å². The van der Waals surface area contributed by atoms with Gasteiger partial charge >= 0.3 is 0 Å². The Labute approximate surface area is 144 Å². The summed E-state index contributed by atoms with van der Waals surface area (Å²) in [6.45, 7) is 0. The van der Waals surface area contributed by atoms with Crippen LogP contribution in [0.5, 0.6) is 0 Å². The molecule has 1 aliphatic rings. The maximum Gasteiger partial charge on any atom is 0.264 e. The molecule has 1 aliphatic heterocycles. The fourth-order valence-electron chi connectivity index (χ4n) is 2.62. The molecule has 4 rings (SSSR count). The molecular formula is C20H14N2OS. The van der Waals surface area contributed by atoms with Crippen LogP contribution in [0.3, 0.4) is 0 Å². The van der Waals surface area contributed by atoms with Crippen molar-refractivity contribution >= 4 is 45.4 Å². The second-order valence-electron chi connectivity index (χ2n) is 5.39. The standard InChI is InChI=1S/C20H14N2OS/c23-19-18(24-20(22-19)21-16-10-2-1-3-11-16)13-15-9-6-8-14-7-4-5-12-17(14)15/h1-13H,(H,21,22,23)/b18-13+. The summed E-state index contributed by atoms with van der Waals surface area (Å²) in [5.74, 6) is -0.109. The lowest BCUT2D eigenvalue weighted by Gasteiger charge is -2.02. The number of nitrogens with zero attached hydrogens (tertiary/aromatic N) is 1. The number of benzene rings is 3. The van der Waals surface area contributed by atoms with Crippen LogP contribution in [0.2, 0.25) is 0 Å². The van der Waals surface area contributed by atoms with Crippen LogP contribution in [0.1, 0.15) is 5.56 Å². The molecule has 0 atom stereocenters. The van der Waals surface area contributed by atoms with Crippen LogP contribution >= 0.6 is 11.8 Å². The van der Waals surface area contributed by atoms with Gasteiger partial charge in [-0.15, -0.1) is 0 Å². The summed E-state index contributed by atoms with van der Waals surface area (Å²) in [4.78, 5) is 17.4. The van der Waals surface area contributed by atoms with Crippen LogP contribution in [0, 0.1) is 0 Å². The molecule has 4 heteroatoms. The van der Waals surface area contributed by atoms with Gasteiger partial charge < -0.3 is 5.32 Å². The van der Waals surface area contributed by atoms with Gasteiger partial charge in [0, 0.05) is 0 Å². The maximum absolute atomic E-state index is 12.2. The molecule has 1 heterocycles. The molecule has 0 unspecified atom stereocenters. The lowest BCUT2D eigenvalue weighted by atomic mass is 10.0. The number of amidine groups is 1. The number of para-hydroxylation sites is 1. The minimum absolute atomic E-state index is 0.109. The van der Waals surface area contributed by atoms with E-state index in [-0.39, 0.29) is 5.91 Å². The molecule has 1 N–H and O–H groups in total. The fraction of sp³-hybridized carbons (Fsp3) is 0. The maximum atomic E-state index is 12.2. The Morgan fingerprint density at radius 3 is 2.50 bits per heavy atom. The fourth-order valence-corrected chi connectivity index (χ4v) is 3.45. The first kappa shape index (κ1) is 14.7. The molecule has 1 amide bonds. The Kier molecular flexibility index (Phi) is 3.89. The molecule has 1 saturated heterocycles. The normalized spacial score (nSPS) is 17.6. The Balaban J connectivity index is 1.68. The predicted molar refractivity (Wildman–Crippen MR) is 101 cm³/mol. The monoisotopic (exact) mass is 330 g/mol. The van der Waals surface area contributed by atoms with Crippen molar-refractivity contribution < 1.29 is 4.79 Å². The van der Waals surface area contributed by atoms with E-state index in [2.05, 4.69) is 28.5 Å². The SMILES string of the molecule is O=C1NC(=Nc2ccccc2)S/C1=C/c1cccc2ccccc12. The average Bonchev–Trinajstić information content (AvgIpc) is 2.95. The number of thioether (sulfide) groups is 1. The number of amides is 1. The number of hydrogen-bond donors (Lipinski definition) is 1. The number of carbonyl (C=O) groups is 1. The molecule has 0 saturated carbocycles. The Bertz CT molecular complexity index is 972. The van der Waals surface area contributed by atoms with E-state index in [1.165, 1.54) is 11.8 Å². The molecule has 24 heavy (non-hydrogen) atoms. The highest BCUT2D eigenvalue weighted by Crippen LogP contribution is 2.30. The molecule has 0 aromatic heterocycles. The Hall–Kier alpha value is -2.85. The van der Waals surface area contributed by atoms with E-state index >= 15 is 0 Å².